The average Bonchev–Trinajstić information content (AvgIpc) is 2.89. The van der Waals surface area contributed by atoms with Crippen molar-refractivity contribution < 1.29 is 23.8 Å². The maximum atomic E-state index is 12.6. The number of esters is 1. The van der Waals surface area contributed by atoms with Crippen molar-refractivity contribution in [1.29, 1.82) is 0 Å². The molecule has 0 radical (unpaired) electrons. The van der Waals surface area contributed by atoms with Crippen molar-refractivity contribution in [3.05, 3.63) is 28.7 Å². The van der Waals surface area contributed by atoms with Gasteiger partial charge in [-0.2, -0.15) is 0 Å². The number of nitrogens with zero attached hydrogens (tertiary/aromatic N) is 1. The highest BCUT2D eigenvalue weighted by atomic mass is 32.2. The summed E-state index contributed by atoms with van der Waals surface area (Å²) in [5.74, 6) is 0.471. The molecule has 8 heteroatoms. The summed E-state index contributed by atoms with van der Waals surface area (Å²) in [6.07, 6.45) is 3.50. The van der Waals surface area contributed by atoms with Crippen LogP contribution in [0.3, 0.4) is 0 Å². The van der Waals surface area contributed by atoms with E-state index >= 15 is 0 Å². The Bertz CT molecular complexity index is 776. The topological polar surface area (TPSA) is 65.1 Å². The van der Waals surface area contributed by atoms with Gasteiger partial charge >= 0.3 is 5.97 Å². The first-order chi connectivity index (χ1) is 13.3. The Morgan fingerprint density at radius 3 is 2.71 bits per heavy atom. The lowest BCUT2D eigenvalue weighted by Gasteiger charge is -2.15. The third-order valence-electron chi connectivity index (χ3n) is 3.77. The van der Waals surface area contributed by atoms with Gasteiger partial charge in [-0.25, -0.2) is 0 Å². The van der Waals surface area contributed by atoms with Crippen LogP contribution in [0.25, 0.3) is 6.08 Å². The lowest BCUT2D eigenvalue weighted by molar-refractivity contribution is -0.149. The molecule has 1 aromatic carbocycles. The largest absolute Gasteiger partial charge is 0.493 e. The van der Waals surface area contributed by atoms with Crippen LogP contribution in [0.15, 0.2) is 23.1 Å². The van der Waals surface area contributed by atoms with E-state index in [-0.39, 0.29) is 18.6 Å². The molecule has 28 heavy (non-hydrogen) atoms. The van der Waals surface area contributed by atoms with E-state index in [1.54, 1.807) is 33.1 Å². The zero-order valence-corrected chi connectivity index (χ0v) is 18.2. The fourth-order valence-corrected chi connectivity index (χ4v) is 3.69. The number of methoxy groups -OCH3 is 1. The molecule has 0 atom stereocenters. The van der Waals surface area contributed by atoms with Crippen molar-refractivity contribution in [1.82, 2.24) is 4.90 Å². The highest BCUT2D eigenvalue weighted by Crippen LogP contribution is 2.34. The van der Waals surface area contributed by atoms with Gasteiger partial charge in [-0.1, -0.05) is 43.4 Å². The molecule has 0 saturated carbocycles. The van der Waals surface area contributed by atoms with Crippen molar-refractivity contribution in [2.24, 2.45) is 0 Å². The number of unbranched alkanes of at least 4 members (excludes halogenated alkanes) is 1. The van der Waals surface area contributed by atoms with Crippen LogP contribution in [0, 0.1) is 0 Å². The Balaban J connectivity index is 2.13. The molecule has 0 unspecified atom stereocenters. The minimum Gasteiger partial charge on any atom is -0.493 e. The summed E-state index contributed by atoms with van der Waals surface area (Å²) in [4.78, 5) is 26.2. The number of amides is 1. The molecule has 152 valence electrons. The van der Waals surface area contributed by atoms with Crippen molar-refractivity contribution in [2.45, 2.75) is 39.7 Å². The first-order valence-corrected chi connectivity index (χ1v) is 10.3. The van der Waals surface area contributed by atoms with Crippen molar-refractivity contribution >= 4 is 46.3 Å². The van der Waals surface area contributed by atoms with Gasteiger partial charge in [-0.05, 0) is 44.0 Å². The molecular formula is C20H25NO5S2. The predicted molar refractivity (Wildman–Crippen MR) is 115 cm³/mol. The van der Waals surface area contributed by atoms with Gasteiger partial charge in [-0.15, -0.1) is 0 Å². The number of thiocarbonyl (C=S) groups is 1. The average molecular weight is 424 g/mol. The van der Waals surface area contributed by atoms with E-state index in [4.69, 9.17) is 26.4 Å². The molecule has 0 aliphatic carbocycles. The predicted octanol–water partition coefficient (Wildman–Crippen LogP) is 4.03. The SMILES string of the molecule is CCCCOc1ccc(C=C2SC(=S)N(CC(=O)OC(C)C)C2=O)cc1OC. The van der Waals surface area contributed by atoms with Crippen LogP contribution in [-0.2, 0) is 14.3 Å². The Kier molecular flexibility index (Phi) is 8.32. The number of carbonyl (C=O) groups is 2. The second-order valence-corrected chi connectivity index (χ2v) is 8.09. The molecule has 1 aromatic rings. The summed E-state index contributed by atoms with van der Waals surface area (Å²) >= 11 is 6.41. The second kappa shape index (κ2) is 10.5. The number of rotatable bonds is 9. The monoisotopic (exact) mass is 423 g/mol. The quantitative estimate of drug-likeness (QED) is 0.257. The maximum absolute atomic E-state index is 12.6. The smallest absolute Gasteiger partial charge is 0.326 e. The number of thioether (sulfide) groups is 1. The summed E-state index contributed by atoms with van der Waals surface area (Å²) in [7, 11) is 1.58. The highest BCUT2D eigenvalue weighted by molar-refractivity contribution is 8.26. The lowest BCUT2D eigenvalue weighted by atomic mass is 10.2. The standard InChI is InChI=1S/C20H25NO5S2/c1-5-6-9-25-15-8-7-14(10-16(15)24-4)11-17-19(23)21(20(27)28-17)12-18(22)26-13(2)3/h7-8,10-11,13H,5-6,9,12H2,1-4H3. The maximum Gasteiger partial charge on any atom is 0.326 e. The summed E-state index contributed by atoms with van der Waals surface area (Å²) in [5, 5.41) is 0. The number of ether oxygens (including phenoxy) is 3. The first-order valence-electron chi connectivity index (χ1n) is 9.11. The molecule has 1 aliphatic heterocycles. The molecule has 1 saturated heterocycles. The van der Waals surface area contributed by atoms with Crippen LogP contribution in [0.2, 0.25) is 0 Å². The normalized spacial score (nSPS) is 15.5. The van der Waals surface area contributed by atoms with E-state index in [1.807, 2.05) is 12.1 Å². The van der Waals surface area contributed by atoms with E-state index in [0.29, 0.717) is 27.3 Å². The van der Waals surface area contributed by atoms with Gasteiger partial charge in [0.15, 0.2) is 11.5 Å². The van der Waals surface area contributed by atoms with E-state index in [9.17, 15) is 9.59 Å². The number of hydrogen-bond acceptors (Lipinski definition) is 7. The van der Waals surface area contributed by atoms with E-state index < -0.39 is 5.97 Å². The second-order valence-electron chi connectivity index (χ2n) is 6.42. The molecule has 0 N–H and O–H groups in total. The summed E-state index contributed by atoms with van der Waals surface area (Å²) in [6.45, 7) is 6.05. The highest BCUT2D eigenvalue weighted by Gasteiger charge is 2.34. The van der Waals surface area contributed by atoms with Gasteiger partial charge in [-0.3, -0.25) is 14.5 Å². The molecule has 0 bridgehead atoms. The Hall–Kier alpha value is -2.06. The third-order valence-corrected chi connectivity index (χ3v) is 5.15. The Labute approximate surface area is 175 Å². The summed E-state index contributed by atoms with van der Waals surface area (Å²) in [6, 6.07) is 5.48. The molecule has 6 nitrogen and oxygen atoms in total. The molecular weight excluding hydrogens is 398 g/mol. The minimum absolute atomic E-state index is 0.187. The molecule has 2 rings (SSSR count). The Morgan fingerprint density at radius 2 is 2.07 bits per heavy atom. The fraction of sp³-hybridized carbons (Fsp3) is 0.450. The zero-order chi connectivity index (χ0) is 20.7. The molecule has 1 aliphatic rings. The molecule has 0 spiro atoms. The molecule has 0 aromatic heterocycles. The third kappa shape index (κ3) is 5.97. The van der Waals surface area contributed by atoms with Gasteiger partial charge < -0.3 is 14.2 Å². The van der Waals surface area contributed by atoms with Gasteiger partial charge in [0.25, 0.3) is 5.91 Å². The van der Waals surface area contributed by atoms with E-state index in [1.165, 1.54) is 4.90 Å². The van der Waals surface area contributed by atoms with E-state index in [2.05, 4.69) is 6.92 Å². The van der Waals surface area contributed by atoms with Crippen LogP contribution in [0.5, 0.6) is 11.5 Å². The molecule has 1 amide bonds. The van der Waals surface area contributed by atoms with Gasteiger partial charge in [0.2, 0.25) is 0 Å². The van der Waals surface area contributed by atoms with Gasteiger partial charge in [0, 0.05) is 0 Å². The van der Waals surface area contributed by atoms with Crippen LogP contribution in [0.1, 0.15) is 39.2 Å². The number of benzene rings is 1. The molecule has 1 heterocycles. The van der Waals surface area contributed by atoms with Gasteiger partial charge in [0.05, 0.1) is 24.7 Å². The number of carbonyl (C=O) groups excluding carboxylic acids is 2. The number of hydrogen-bond donors (Lipinski definition) is 0. The van der Waals surface area contributed by atoms with Crippen LogP contribution >= 0.6 is 24.0 Å². The van der Waals surface area contributed by atoms with E-state index in [0.717, 1.165) is 30.2 Å². The summed E-state index contributed by atoms with van der Waals surface area (Å²) < 4.78 is 16.6. The van der Waals surface area contributed by atoms with Crippen LogP contribution in [-0.4, -0.2) is 47.5 Å². The molecule has 1 fully saturated rings. The zero-order valence-electron chi connectivity index (χ0n) is 16.5. The first kappa shape index (κ1) is 22.2. The fourth-order valence-electron chi connectivity index (χ4n) is 2.44. The minimum atomic E-state index is -0.484. The van der Waals surface area contributed by atoms with Crippen LogP contribution in [0.4, 0.5) is 0 Å². The summed E-state index contributed by atoms with van der Waals surface area (Å²) in [5.41, 5.74) is 0.782. The van der Waals surface area contributed by atoms with Crippen molar-refractivity contribution in [2.75, 3.05) is 20.3 Å². The van der Waals surface area contributed by atoms with Crippen molar-refractivity contribution in [3.8, 4) is 11.5 Å². The van der Waals surface area contributed by atoms with Crippen LogP contribution < -0.4 is 9.47 Å². The van der Waals surface area contributed by atoms with Gasteiger partial charge in [0.1, 0.15) is 10.9 Å². The lowest BCUT2D eigenvalue weighted by Crippen LogP contribution is -2.35. The van der Waals surface area contributed by atoms with Crippen molar-refractivity contribution in [3.63, 3.8) is 0 Å². The Morgan fingerprint density at radius 1 is 1.32 bits per heavy atom.